The van der Waals surface area contributed by atoms with Crippen molar-refractivity contribution >= 4 is 33.5 Å². The summed E-state index contributed by atoms with van der Waals surface area (Å²) in [5.41, 5.74) is 2.73. The second-order valence-electron chi connectivity index (χ2n) is 6.68. The maximum absolute atomic E-state index is 12.5. The van der Waals surface area contributed by atoms with E-state index in [-0.39, 0.29) is 13.2 Å². The molecule has 6 heteroatoms. The van der Waals surface area contributed by atoms with E-state index in [1.807, 2.05) is 54.6 Å². The van der Waals surface area contributed by atoms with E-state index < -0.39 is 11.7 Å². The van der Waals surface area contributed by atoms with Crippen LogP contribution in [0.1, 0.15) is 16.1 Å². The van der Waals surface area contributed by atoms with Crippen molar-refractivity contribution in [3.63, 3.8) is 0 Å². The number of fused-ring (bicyclic) bond motifs is 2. The smallest absolute Gasteiger partial charge is 0.293 e. The van der Waals surface area contributed by atoms with Gasteiger partial charge < -0.3 is 15.0 Å². The Hall–Kier alpha value is -4.11. The highest BCUT2D eigenvalue weighted by Gasteiger charge is 2.21. The number of hydrogen-bond acceptors (Lipinski definition) is 4. The van der Waals surface area contributed by atoms with Gasteiger partial charge in [0, 0.05) is 34.2 Å². The molecule has 0 radical (unpaired) electrons. The molecule has 148 valence electrons. The van der Waals surface area contributed by atoms with Crippen molar-refractivity contribution in [3.05, 3.63) is 72.1 Å². The molecule has 0 fully saturated rings. The SMILES string of the molecule is Cc1[nH]c2ccccc2c1C(=O)C(=O)NCC#CCOc1ccc2cccnc2c1. The lowest BCUT2D eigenvalue weighted by Crippen LogP contribution is -2.31. The Morgan fingerprint density at radius 1 is 1.10 bits per heavy atom. The molecule has 0 aliphatic heterocycles. The first-order chi connectivity index (χ1) is 14.6. The first kappa shape index (κ1) is 19.2. The zero-order valence-corrected chi connectivity index (χ0v) is 16.4. The number of rotatable bonds is 5. The number of Topliss-reactive ketones (excluding diaryl/α,β-unsaturated/α-hetero) is 1. The molecule has 0 aliphatic rings. The second-order valence-corrected chi connectivity index (χ2v) is 6.68. The molecule has 2 heterocycles. The third kappa shape index (κ3) is 4.01. The molecule has 0 bridgehead atoms. The highest BCUT2D eigenvalue weighted by molar-refractivity contribution is 6.45. The second kappa shape index (κ2) is 8.50. The van der Waals surface area contributed by atoms with Crippen molar-refractivity contribution in [2.24, 2.45) is 0 Å². The normalized spacial score (nSPS) is 10.4. The lowest BCUT2D eigenvalue weighted by molar-refractivity contribution is -0.116. The highest BCUT2D eigenvalue weighted by Crippen LogP contribution is 2.22. The molecule has 30 heavy (non-hydrogen) atoms. The van der Waals surface area contributed by atoms with Gasteiger partial charge in [0.2, 0.25) is 0 Å². The molecule has 4 aromatic rings. The van der Waals surface area contributed by atoms with Crippen LogP contribution in [0.5, 0.6) is 5.75 Å². The number of aryl methyl sites for hydroxylation is 1. The molecular formula is C24H19N3O3. The molecule has 0 aliphatic carbocycles. The van der Waals surface area contributed by atoms with Gasteiger partial charge in [0.05, 0.1) is 17.6 Å². The minimum Gasteiger partial charge on any atom is -0.481 e. The summed E-state index contributed by atoms with van der Waals surface area (Å²) < 4.78 is 5.59. The quantitative estimate of drug-likeness (QED) is 0.307. The van der Waals surface area contributed by atoms with Gasteiger partial charge in [-0.05, 0) is 31.2 Å². The fourth-order valence-electron chi connectivity index (χ4n) is 3.26. The van der Waals surface area contributed by atoms with Gasteiger partial charge in [0.1, 0.15) is 12.4 Å². The van der Waals surface area contributed by atoms with E-state index in [9.17, 15) is 9.59 Å². The largest absolute Gasteiger partial charge is 0.481 e. The standard InChI is InChI=1S/C24H19N3O3/c1-16-22(19-8-2-3-9-20(19)27-16)23(28)24(29)26-12-4-5-14-30-18-11-10-17-7-6-13-25-21(17)15-18/h2-3,6-11,13,15,27H,12,14H2,1H3,(H,26,29). The van der Waals surface area contributed by atoms with E-state index in [1.165, 1.54) is 0 Å². The maximum atomic E-state index is 12.5. The topological polar surface area (TPSA) is 84.1 Å². The molecule has 1 amide bonds. The number of para-hydroxylation sites is 1. The predicted molar refractivity (Wildman–Crippen MR) is 115 cm³/mol. The molecule has 2 N–H and O–H groups in total. The number of benzene rings is 2. The van der Waals surface area contributed by atoms with Gasteiger partial charge in [-0.15, -0.1) is 0 Å². The summed E-state index contributed by atoms with van der Waals surface area (Å²) in [5, 5.41) is 4.32. The minimum atomic E-state index is -0.682. The number of hydrogen-bond donors (Lipinski definition) is 2. The van der Waals surface area contributed by atoms with Crippen molar-refractivity contribution in [2.45, 2.75) is 6.92 Å². The van der Waals surface area contributed by atoms with Crippen molar-refractivity contribution in [2.75, 3.05) is 13.2 Å². The molecule has 0 spiro atoms. The number of carbonyl (C=O) groups excluding carboxylic acids is 2. The Morgan fingerprint density at radius 3 is 2.87 bits per heavy atom. The predicted octanol–water partition coefficient (Wildman–Crippen LogP) is 3.41. The Balaban J connectivity index is 1.31. The van der Waals surface area contributed by atoms with Gasteiger partial charge in [-0.25, -0.2) is 0 Å². The van der Waals surface area contributed by atoms with Crippen LogP contribution in [0.3, 0.4) is 0 Å². The number of aromatic nitrogens is 2. The number of nitrogens with zero attached hydrogens (tertiary/aromatic N) is 1. The zero-order valence-electron chi connectivity index (χ0n) is 16.4. The number of H-pyrrole nitrogens is 1. The summed E-state index contributed by atoms with van der Waals surface area (Å²) in [5.74, 6) is 5.03. The summed E-state index contributed by atoms with van der Waals surface area (Å²) in [4.78, 5) is 32.2. The molecule has 0 unspecified atom stereocenters. The van der Waals surface area contributed by atoms with Crippen molar-refractivity contribution in [1.29, 1.82) is 0 Å². The van der Waals surface area contributed by atoms with Crippen LogP contribution in [0.15, 0.2) is 60.8 Å². The summed E-state index contributed by atoms with van der Waals surface area (Å²) in [6.45, 7) is 2.01. The number of ether oxygens (including phenoxy) is 1. The zero-order chi connectivity index (χ0) is 20.9. The van der Waals surface area contributed by atoms with Crippen LogP contribution in [0.2, 0.25) is 0 Å². The summed E-state index contributed by atoms with van der Waals surface area (Å²) in [6, 6.07) is 16.9. The molecule has 4 rings (SSSR count). The molecule has 6 nitrogen and oxygen atoms in total. The third-order valence-electron chi connectivity index (χ3n) is 4.68. The number of carbonyl (C=O) groups is 2. The minimum absolute atomic E-state index is 0.0641. The maximum Gasteiger partial charge on any atom is 0.293 e. The van der Waals surface area contributed by atoms with Gasteiger partial charge >= 0.3 is 0 Å². The Morgan fingerprint density at radius 2 is 1.97 bits per heavy atom. The highest BCUT2D eigenvalue weighted by atomic mass is 16.5. The Labute approximate surface area is 173 Å². The number of ketones is 1. The van der Waals surface area contributed by atoms with E-state index in [1.54, 1.807) is 13.1 Å². The monoisotopic (exact) mass is 397 g/mol. The van der Waals surface area contributed by atoms with Gasteiger partial charge in [-0.2, -0.15) is 0 Å². The first-order valence-corrected chi connectivity index (χ1v) is 9.46. The molecule has 0 atom stereocenters. The number of nitrogens with one attached hydrogen (secondary N) is 2. The van der Waals surface area contributed by atoms with Gasteiger partial charge in [0.25, 0.3) is 11.7 Å². The summed E-state index contributed by atoms with van der Waals surface area (Å²) in [6.07, 6.45) is 1.73. The van der Waals surface area contributed by atoms with E-state index in [4.69, 9.17) is 4.74 Å². The fraction of sp³-hybridized carbons (Fsp3) is 0.125. The number of aromatic amines is 1. The van der Waals surface area contributed by atoms with E-state index in [0.29, 0.717) is 17.0 Å². The summed E-state index contributed by atoms with van der Waals surface area (Å²) in [7, 11) is 0. The van der Waals surface area contributed by atoms with E-state index in [2.05, 4.69) is 27.1 Å². The van der Waals surface area contributed by atoms with Gasteiger partial charge in [0.15, 0.2) is 0 Å². The lowest BCUT2D eigenvalue weighted by atomic mass is 10.1. The lowest BCUT2D eigenvalue weighted by Gasteiger charge is -2.03. The van der Waals surface area contributed by atoms with Crippen molar-refractivity contribution in [1.82, 2.24) is 15.3 Å². The molecular weight excluding hydrogens is 378 g/mol. The van der Waals surface area contributed by atoms with Crippen molar-refractivity contribution < 1.29 is 14.3 Å². The fourth-order valence-corrected chi connectivity index (χ4v) is 3.26. The van der Waals surface area contributed by atoms with Gasteiger partial charge in [-0.1, -0.05) is 36.1 Å². The van der Waals surface area contributed by atoms with E-state index in [0.717, 1.165) is 21.8 Å². The Kier molecular flexibility index (Phi) is 5.44. The average molecular weight is 397 g/mol. The molecule has 2 aromatic heterocycles. The van der Waals surface area contributed by atoms with Crippen molar-refractivity contribution in [3.8, 4) is 17.6 Å². The van der Waals surface area contributed by atoms with Crippen LogP contribution in [0.4, 0.5) is 0 Å². The number of amides is 1. The molecule has 0 saturated carbocycles. The van der Waals surface area contributed by atoms with Crippen LogP contribution < -0.4 is 10.1 Å². The van der Waals surface area contributed by atoms with E-state index >= 15 is 0 Å². The van der Waals surface area contributed by atoms with Gasteiger partial charge in [-0.3, -0.25) is 14.6 Å². The average Bonchev–Trinajstić information content (AvgIpc) is 3.11. The van der Waals surface area contributed by atoms with Crippen LogP contribution in [-0.4, -0.2) is 34.8 Å². The first-order valence-electron chi connectivity index (χ1n) is 9.46. The summed E-state index contributed by atoms with van der Waals surface area (Å²) >= 11 is 0. The molecule has 2 aromatic carbocycles. The number of pyridine rings is 1. The van der Waals surface area contributed by atoms with Crippen LogP contribution in [0.25, 0.3) is 21.8 Å². The van der Waals surface area contributed by atoms with Crippen LogP contribution in [-0.2, 0) is 4.79 Å². The Bertz CT molecular complexity index is 1310. The van der Waals surface area contributed by atoms with Crippen LogP contribution >= 0.6 is 0 Å². The molecule has 0 saturated heterocycles. The third-order valence-corrected chi connectivity index (χ3v) is 4.68. The van der Waals surface area contributed by atoms with Crippen LogP contribution in [0, 0.1) is 18.8 Å².